The summed E-state index contributed by atoms with van der Waals surface area (Å²) in [6.45, 7) is 9.02. The summed E-state index contributed by atoms with van der Waals surface area (Å²) in [6, 6.07) is 0.0659. The van der Waals surface area contributed by atoms with Crippen molar-refractivity contribution in [2.45, 2.75) is 32.2 Å². The van der Waals surface area contributed by atoms with Crippen LogP contribution in [0.4, 0.5) is 0 Å². The molecule has 7 heteroatoms. The van der Waals surface area contributed by atoms with Gasteiger partial charge in [0.2, 0.25) is 0 Å². The van der Waals surface area contributed by atoms with E-state index < -0.39 is 0 Å². The highest BCUT2D eigenvalue weighted by Crippen LogP contribution is 2.27. The van der Waals surface area contributed by atoms with E-state index in [0.29, 0.717) is 18.0 Å². The number of hydrogen-bond acceptors (Lipinski definition) is 6. The lowest BCUT2D eigenvalue weighted by molar-refractivity contribution is 0.0518. The lowest BCUT2D eigenvalue weighted by Gasteiger charge is -2.39. The van der Waals surface area contributed by atoms with E-state index in [1.807, 2.05) is 25.7 Å². The molecule has 1 aliphatic heterocycles. The zero-order valence-electron chi connectivity index (χ0n) is 12.6. The van der Waals surface area contributed by atoms with Crippen molar-refractivity contribution in [3.8, 4) is 0 Å². The van der Waals surface area contributed by atoms with Crippen LogP contribution in [-0.2, 0) is 5.41 Å². The number of piperazine rings is 1. The third-order valence-corrected chi connectivity index (χ3v) is 4.33. The van der Waals surface area contributed by atoms with Gasteiger partial charge in [-0.25, -0.2) is 0 Å². The van der Waals surface area contributed by atoms with Crippen LogP contribution >= 0.6 is 11.5 Å². The molecular formula is C13H23N5OS. The third-order valence-electron chi connectivity index (χ3n) is 3.61. The highest BCUT2D eigenvalue weighted by molar-refractivity contribution is 7.08. The Labute approximate surface area is 124 Å². The number of rotatable bonds is 2. The van der Waals surface area contributed by atoms with Crippen molar-refractivity contribution < 1.29 is 4.79 Å². The fraction of sp³-hybridized carbons (Fsp3) is 0.769. The molecule has 1 aliphatic rings. The first kappa shape index (κ1) is 15.3. The first-order valence-corrected chi connectivity index (χ1v) is 7.64. The Balaban J connectivity index is 2.25. The maximum atomic E-state index is 12.8. The van der Waals surface area contributed by atoms with Crippen molar-refractivity contribution in [2.75, 3.05) is 33.2 Å². The highest BCUT2D eigenvalue weighted by Gasteiger charge is 2.33. The molecule has 1 saturated heterocycles. The highest BCUT2D eigenvalue weighted by atomic mass is 32.1. The fourth-order valence-corrected chi connectivity index (χ4v) is 3.26. The Bertz CT molecular complexity index is 481. The number of aromatic nitrogens is 2. The molecular weight excluding hydrogens is 274 g/mol. The second kappa shape index (κ2) is 5.75. The van der Waals surface area contributed by atoms with Crippen LogP contribution in [0.3, 0.4) is 0 Å². The normalized spacial score (nSPS) is 21.2. The van der Waals surface area contributed by atoms with Crippen molar-refractivity contribution in [1.29, 1.82) is 0 Å². The van der Waals surface area contributed by atoms with E-state index in [1.165, 1.54) is 11.5 Å². The van der Waals surface area contributed by atoms with Crippen molar-refractivity contribution in [3.05, 3.63) is 10.6 Å². The van der Waals surface area contributed by atoms with Crippen LogP contribution in [-0.4, -0.2) is 64.6 Å². The van der Waals surface area contributed by atoms with Crippen LogP contribution in [0.25, 0.3) is 0 Å². The zero-order chi connectivity index (χ0) is 14.9. The Hall–Kier alpha value is -1.05. The Morgan fingerprint density at radius 3 is 2.75 bits per heavy atom. The van der Waals surface area contributed by atoms with E-state index in [1.54, 1.807) is 0 Å². The number of nitrogens with two attached hydrogens (primary N) is 1. The summed E-state index contributed by atoms with van der Waals surface area (Å²) in [5, 5.41) is 4.15. The minimum absolute atomic E-state index is 0.0217. The Morgan fingerprint density at radius 2 is 2.15 bits per heavy atom. The maximum absolute atomic E-state index is 12.8. The molecule has 2 N–H and O–H groups in total. The van der Waals surface area contributed by atoms with Gasteiger partial charge in [-0.2, -0.15) is 0 Å². The van der Waals surface area contributed by atoms with Gasteiger partial charge in [-0.1, -0.05) is 25.3 Å². The first-order valence-electron chi connectivity index (χ1n) is 6.87. The summed E-state index contributed by atoms with van der Waals surface area (Å²) >= 11 is 1.18. The second-order valence-electron chi connectivity index (χ2n) is 6.35. The molecule has 6 nitrogen and oxygen atoms in total. The molecule has 2 rings (SSSR count). The van der Waals surface area contributed by atoms with E-state index in [4.69, 9.17) is 5.73 Å². The number of carbonyl (C=O) groups excluding carboxylic acids is 1. The van der Waals surface area contributed by atoms with Crippen LogP contribution in [0.5, 0.6) is 0 Å². The van der Waals surface area contributed by atoms with Gasteiger partial charge in [0.05, 0.1) is 11.7 Å². The average molecular weight is 297 g/mol. The summed E-state index contributed by atoms with van der Waals surface area (Å²) in [5.74, 6) is 0.0217. The zero-order valence-corrected chi connectivity index (χ0v) is 13.4. The number of nitrogens with zero attached hydrogens (tertiary/aromatic N) is 4. The van der Waals surface area contributed by atoms with E-state index in [2.05, 4.69) is 21.5 Å². The van der Waals surface area contributed by atoms with Crippen molar-refractivity contribution in [3.63, 3.8) is 0 Å². The molecule has 0 aromatic carbocycles. The molecule has 1 fully saturated rings. The topological polar surface area (TPSA) is 75.3 Å². The Kier molecular flexibility index (Phi) is 4.41. The largest absolute Gasteiger partial charge is 0.331 e. The van der Waals surface area contributed by atoms with E-state index >= 15 is 0 Å². The molecule has 2 heterocycles. The standard InChI is InChI=1S/C13H23N5OS/c1-13(2,3)11-10(20-16-15-11)12(19)18-6-5-17(4)8-9(18)7-14/h9H,5-8,14H2,1-4H3. The summed E-state index contributed by atoms with van der Waals surface area (Å²) in [6.07, 6.45) is 0. The van der Waals surface area contributed by atoms with Gasteiger partial charge in [0.1, 0.15) is 4.88 Å². The van der Waals surface area contributed by atoms with Crippen LogP contribution in [0.2, 0.25) is 0 Å². The predicted molar refractivity (Wildman–Crippen MR) is 80.0 cm³/mol. The summed E-state index contributed by atoms with van der Waals surface area (Å²) in [7, 11) is 2.05. The molecule has 20 heavy (non-hydrogen) atoms. The van der Waals surface area contributed by atoms with Gasteiger partial charge in [0.15, 0.2) is 0 Å². The van der Waals surface area contributed by atoms with Crippen LogP contribution < -0.4 is 5.73 Å². The minimum Gasteiger partial charge on any atom is -0.331 e. The van der Waals surface area contributed by atoms with Crippen molar-refractivity contribution in [1.82, 2.24) is 19.4 Å². The van der Waals surface area contributed by atoms with Gasteiger partial charge in [-0.15, -0.1) is 5.10 Å². The van der Waals surface area contributed by atoms with Crippen LogP contribution in [0, 0.1) is 0 Å². The number of carbonyl (C=O) groups is 1. The molecule has 0 aliphatic carbocycles. The van der Waals surface area contributed by atoms with E-state index in [9.17, 15) is 4.79 Å². The molecule has 0 bridgehead atoms. The number of amides is 1. The monoisotopic (exact) mass is 297 g/mol. The maximum Gasteiger partial charge on any atom is 0.267 e. The fourth-order valence-electron chi connectivity index (χ4n) is 2.43. The summed E-state index contributed by atoms with van der Waals surface area (Å²) in [5.41, 5.74) is 6.42. The van der Waals surface area contributed by atoms with E-state index in [0.717, 1.165) is 18.8 Å². The second-order valence-corrected chi connectivity index (χ2v) is 7.11. The summed E-state index contributed by atoms with van der Waals surface area (Å²) in [4.78, 5) is 17.5. The third kappa shape index (κ3) is 2.99. The van der Waals surface area contributed by atoms with Gasteiger partial charge in [0, 0.05) is 31.6 Å². The molecule has 0 spiro atoms. The SMILES string of the molecule is CN1CCN(C(=O)c2snnc2C(C)(C)C)C(CN)C1. The van der Waals surface area contributed by atoms with Gasteiger partial charge in [-0.05, 0) is 18.6 Å². The molecule has 1 unspecified atom stereocenters. The quantitative estimate of drug-likeness (QED) is 0.863. The van der Waals surface area contributed by atoms with Crippen LogP contribution in [0.1, 0.15) is 36.1 Å². The van der Waals surface area contributed by atoms with Crippen LogP contribution in [0.15, 0.2) is 0 Å². The Morgan fingerprint density at radius 1 is 1.45 bits per heavy atom. The molecule has 1 aromatic heterocycles. The van der Waals surface area contributed by atoms with Gasteiger partial charge >= 0.3 is 0 Å². The first-order chi connectivity index (χ1) is 9.34. The predicted octanol–water partition coefficient (Wildman–Crippen LogP) is 0.551. The number of hydrogen-bond donors (Lipinski definition) is 1. The van der Waals surface area contributed by atoms with Crippen molar-refractivity contribution >= 4 is 17.4 Å². The molecule has 112 valence electrons. The number of likely N-dealkylation sites (N-methyl/N-ethyl adjacent to an activating group) is 1. The minimum atomic E-state index is -0.178. The van der Waals surface area contributed by atoms with E-state index in [-0.39, 0.29) is 17.4 Å². The van der Waals surface area contributed by atoms with Gasteiger partial charge < -0.3 is 15.5 Å². The van der Waals surface area contributed by atoms with Gasteiger partial charge in [0.25, 0.3) is 5.91 Å². The average Bonchev–Trinajstić information content (AvgIpc) is 2.86. The molecule has 1 amide bonds. The van der Waals surface area contributed by atoms with Gasteiger partial charge in [-0.3, -0.25) is 4.79 Å². The molecule has 1 atom stereocenters. The molecule has 0 radical (unpaired) electrons. The lowest BCUT2D eigenvalue weighted by Crippen LogP contribution is -2.56. The lowest BCUT2D eigenvalue weighted by atomic mass is 9.91. The summed E-state index contributed by atoms with van der Waals surface area (Å²) < 4.78 is 3.97. The smallest absolute Gasteiger partial charge is 0.267 e. The van der Waals surface area contributed by atoms with Crippen molar-refractivity contribution in [2.24, 2.45) is 5.73 Å². The molecule has 1 aromatic rings. The molecule has 0 saturated carbocycles.